The van der Waals surface area contributed by atoms with Crippen molar-refractivity contribution in [1.82, 2.24) is 19.9 Å². The van der Waals surface area contributed by atoms with Crippen molar-refractivity contribution in [1.29, 1.82) is 5.26 Å². The van der Waals surface area contributed by atoms with Crippen molar-refractivity contribution in [2.45, 2.75) is 209 Å². The van der Waals surface area contributed by atoms with Gasteiger partial charge >= 0.3 is 0 Å². The van der Waals surface area contributed by atoms with E-state index in [2.05, 4.69) is 298 Å². The van der Waals surface area contributed by atoms with E-state index in [1.54, 1.807) is 0 Å². The van der Waals surface area contributed by atoms with E-state index in [9.17, 15) is 5.26 Å². The first-order valence-corrected chi connectivity index (χ1v) is 29.9. The normalized spacial score (nSPS) is 13.7. The van der Waals surface area contributed by atoms with Crippen molar-refractivity contribution in [3.8, 4) is 50.6 Å². The van der Waals surface area contributed by atoms with Crippen LogP contribution >= 0.6 is 0 Å². The molecule has 0 radical (unpaired) electrons. The Morgan fingerprint density at radius 3 is 0.854 bits per heavy atom. The summed E-state index contributed by atoms with van der Waals surface area (Å²) in [5.41, 5.74) is 24.2. The third kappa shape index (κ3) is 11.9. The molecule has 0 saturated heterocycles. The number of hydrogen-bond acceptors (Lipinski definition) is 3. The molecule has 426 valence electrons. The molecule has 2 aliphatic heterocycles. The fourth-order valence-electron chi connectivity index (χ4n) is 11.1. The predicted octanol–water partition coefficient (Wildman–Crippen LogP) is 21.6. The number of hydrogen-bond donors (Lipinski definition) is 2. The smallest absolute Gasteiger partial charge is 0.101 e. The summed E-state index contributed by atoms with van der Waals surface area (Å²) in [4.78, 5) is 19.8. The van der Waals surface area contributed by atoms with Crippen molar-refractivity contribution in [2.75, 3.05) is 0 Å². The molecule has 9 rings (SSSR count). The van der Waals surface area contributed by atoms with Gasteiger partial charge in [0, 0.05) is 38.8 Å². The Bertz CT molecular complexity index is 3850. The van der Waals surface area contributed by atoms with Crippen LogP contribution in [-0.2, 0) is 43.3 Å². The second kappa shape index (κ2) is 20.1. The first-order chi connectivity index (χ1) is 37.6. The van der Waals surface area contributed by atoms with Crippen LogP contribution in [0.15, 0.2) is 91.0 Å². The van der Waals surface area contributed by atoms with Crippen LogP contribution in [0.3, 0.4) is 0 Å². The Kier molecular flexibility index (Phi) is 14.6. The summed E-state index contributed by atoms with van der Waals surface area (Å²) >= 11 is 0. The van der Waals surface area contributed by atoms with Crippen LogP contribution in [0.1, 0.15) is 239 Å². The molecule has 2 aliphatic rings. The quantitative estimate of drug-likeness (QED) is 0.184. The van der Waals surface area contributed by atoms with Crippen LogP contribution in [0.5, 0.6) is 0 Å². The van der Waals surface area contributed by atoms with Gasteiger partial charge in [-0.3, -0.25) is 0 Å². The molecule has 3 aromatic heterocycles. The molecule has 4 aromatic carbocycles. The molecule has 0 unspecified atom stereocenters. The monoisotopic (exact) mass is 1090 g/mol. The average molecular weight is 1090 g/mol. The number of fused-ring (bicyclic) bond motifs is 8. The highest BCUT2D eigenvalue weighted by molar-refractivity contribution is 6.02. The summed E-state index contributed by atoms with van der Waals surface area (Å²) in [6.07, 6.45) is 8.78. The van der Waals surface area contributed by atoms with Gasteiger partial charge in [-0.1, -0.05) is 239 Å². The van der Waals surface area contributed by atoms with E-state index in [4.69, 9.17) is 9.97 Å². The molecule has 0 spiro atoms. The van der Waals surface area contributed by atoms with Crippen molar-refractivity contribution in [2.24, 2.45) is 0 Å². The van der Waals surface area contributed by atoms with Crippen molar-refractivity contribution in [3.63, 3.8) is 0 Å². The van der Waals surface area contributed by atoms with Gasteiger partial charge in [0.05, 0.1) is 33.9 Å². The van der Waals surface area contributed by atoms with Crippen molar-refractivity contribution >= 4 is 46.4 Å². The molecular formula is C77H93N5. The maximum absolute atomic E-state index is 11.6. The molecule has 5 heterocycles. The SMILES string of the molecule is CC(C)(C)c1cc(-c2c3nc(c(-c4cc(C(C)(C)C)cc(C(C)(C)C)c4)c4ccc([nH]4)c(-c4cc(C(C)(C)C)cc(C(C)(C)C)c4)c4cc(C#N)c([nH]4)c(-c4cc(C(C)(C)C)cc(C(C)(C)C)c4)c4nc2C=C4)C=C3)cc(C(C)(C)C)c1. The maximum Gasteiger partial charge on any atom is 0.101 e. The zero-order chi connectivity index (χ0) is 60.4. The number of aromatic amines is 2. The molecule has 5 heteroatoms. The van der Waals surface area contributed by atoms with E-state index < -0.39 is 0 Å². The zero-order valence-corrected chi connectivity index (χ0v) is 54.3. The Morgan fingerprint density at radius 2 is 0.549 bits per heavy atom. The van der Waals surface area contributed by atoms with Crippen LogP contribution in [0, 0.1) is 11.3 Å². The lowest BCUT2D eigenvalue weighted by atomic mass is 9.78. The van der Waals surface area contributed by atoms with Gasteiger partial charge in [0.1, 0.15) is 6.07 Å². The minimum absolute atomic E-state index is 0.128. The molecule has 0 aliphatic carbocycles. The first-order valence-electron chi connectivity index (χ1n) is 29.9. The number of nitrogens with one attached hydrogen (secondary N) is 2. The van der Waals surface area contributed by atoms with Crippen LogP contribution in [0.2, 0.25) is 0 Å². The molecule has 0 fully saturated rings. The summed E-state index contributed by atoms with van der Waals surface area (Å²) in [7, 11) is 0. The summed E-state index contributed by atoms with van der Waals surface area (Å²) < 4.78 is 0. The summed E-state index contributed by atoms with van der Waals surface area (Å²) in [6.45, 7) is 55.1. The number of benzene rings is 4. The van der Waals surface area contributed by atoms with Crippen molar-refractivity contribution in [3.05, 3.63) is 164 Å². The minimum Gasteiger partial charge on any atom is -0.354 e. The highest BCUT2D eigenvalue weighted by atomic mass is 14.8. The van der Waals surface area contributed by atoms with Crippen LogP contribution in [0.4, 0.5) is 0 Å². The Labute approximate surface area is 492 Å². The Balaban J connectivity index is 1.60. The number of nitrogens with zero attached hydrogens (tertiary/aromatic N) is 3. The van der Waals surface area contributed by atoms with Crippen molar-refractivity contribution < 1.29 is 0 Å². The summed E-state index contributed by atoms with van der Waals surface area (Å²) in [6, 6.07) is 37.7. The van der Waals surface area contributed by atoms with Gasteiger partial charge in [-0.25, -0.2) is 9.97 Å². The predicted molar refractivity (Wildman–Crippen MR) is 355 cm³/mol. The van der Waals surface area contributed by atoms with E-state index in [0.717, 1.165) is 89.4 Å². The molecule has 0 amide bonds. The average Bonchev–Trinajstić information content (AvgIpc) is 3.36. The van der Waals surface area contributed by atoms with Crippen LogP contribution in [0.25, 0.3) is 90.9 Å². The lowest BCUT2D eigenvalue weighted by molar-refractivity contribution is 0.568. The lowest BCUT2D eigenvalue weighted by Crippen LogP contribution is -2.16. The number of nitriles is 1. The second-order valence-corrected chi connectivity index (χ2v) is 32.0. The zero-order valence-electron chi connectivity index (χ0n) is 54.3. The molecule has 2 N–H and O–H groups in total. The van der Waals surface area contributed by atoms with Gasteiger partial charge in [-0.2, -0.15) is 5.26 Å². The number of aromatic nitrogens is 4. The summed E-state index contributed by atoms with van der Waals surface area (Å²) in [5.74, 6) is 0. The van der Waals surface area contributed by atoms with E-state index in [0.29, 0.717) is 5.56 Å². The van der Waals surface area contributed by atoms with E-state index in [1.165, 1.54) is 44.5 Å². The Hall–Kier alpha value is -7.03. The molecule has 5 nitrogen and oxygen atoms in total. The fraction of sp³-hybridized carbons (Fsp3) is 0.416. The second-order valence-electron chi connectivity index (χ2n) is 32.0. The van der Waals surface area contributed by atoms with Gasteiger partial charge in [0.25, 0.3) is 0 Å². The minimum atomic E-state index is -0.170. The van der Waals surface area contributed by atoms with Crippen LogP contribution in [-0.4, -0.2) is 19.9 Å². The lowest BCUT2D eigenvalue weighted by Gasteiger charge is -2.26. The molecule has 0 saturated carbocycles. The third-order valence-corrected chi connectivity index (χ3v) is 16.8. The van der Waals surface area contributed by atoms with Gasteiger partial charge in [0.2, 0.25) is 0 Å². The topological polar surface area (TPSA) is 81.1 Å². The van der Waals surface area contributed by atoms with E-state index in [1.807, 2.05) is 0 Å². The molecule has 82 heavy (non-hydrogen) atoms. The largest absolute Gasteiger partial charge is 0.354 e. The molecule has 8 bridgehead atoms. The Morgan fingerprint density at radius 1 is 0.293 bits per heavy atom. The van der Waals surface area contributed by atoms with Gasteiger partial charge in [-0.05, 0) is 153 Å². The fourth-order valence-corrected chi connectivity index (χ4v) is 11.1. The maximum atomic E-state index is 11.6. The number of H-pyrrole nitrogens is 2. The third-order valence-electron chi connectivity index (χ3n) is 16.8. The van der Waals surface area contributed by atoms with E-state index >= 15 is 0 Å². The standard InChI is InChI=1S/C77H93N5/c1-70(2,3)50-31-45(32-51(40-50)71(4,5)6)65-58-25-26-59(79-58)66(46-33-52(72(7,8)9)41-53(34-46)73(10,11)12)61-29-30-63(81-61)68(48-37-56(76(19,20)21)43-57(38-48)77(22,23)24)69-49(44-78)39-64(82-69)67(62-28-27-60(65)80-62)47-35-54(74(13,14)15)42-55(36-47)75(16,17)18/h25-43,80,82H,1-24H3. The molecule has 7 aromatic rings. The number of rotatable bonds is 4. The van der Waals surface area contributed by atoms with Gasteiger partial charge in [-0.15, -0.1) is 0 Å². The summed E-state index contributed by atoms with van der Waals surface area (Å²) in [5, 5.41) is 11.6. The highest BCUT2D eigenvalue weighted by Crippen LogP contribution is 2.45. The highest BCUT2D eigenvalue weighted by Gasteiger charge is 2.30. The molecule has 0 atom stereocenters. The first kappa shape index (κ1) is 59.6. The van der Waals surface area contributed by atoms with Gasteiger partial charge < -0.3 is 9.97 Å². The van der Waals surface area contributed by atoms with Gasteiger partial charge in [0.15, 0.2) is 0 Å². The molecular weight excluding hydrogens is 995 g/mol. The van der Waals surface area contributed by atoms with E-state index in [-0.39, 0.29) is 43.3 Å². The van der Waals surface area contributed by atoms with Crippen LogP contribution < -0.4 is 0 Å².